The fraction of sp³-hybridized carbons (Fsp3) is 0.538. The second-order valence-corrected chi connectivity index (χ2v) is 11.9. The summed E-state index contributed by atoms with van der Waals surface area (Å²) in [6.07, 6.45) is 3.22. The molecule has 0 spiro atoms. The van der Waals surface area contributed by atoms with Crippen LogP contribution < -0.4 is 15.5 Å². The maximum Gasteiger partial charge on any atom is 0.341 e. The molecule has 34 heavy (non-hydrogen) atoms. The number of fused-ring (bicyclic) bond motifs is 1. The van der Waals surface area contributed by atoms with Crippen molar-refractivity contribution in [2.45, 2.75) is 58.5 Å². The lowest BCUT2D eigenvalue weighted by Crippen LogP contribution is -2.44. The number of carbonyl (C=O) groups is 1. The van der Waals surface area contributed by atoms with Crippen LogP contribution in [0.25, 0.3) is 0 Å². The second-order valence-electron chi connectivity index (χ2n) is 10.4. The normalized spacial score (nSPS) is 18.9. The summed E-state index contributed by atoms with van der Waals surface area (Å²) in [5.74, 6) is 0.0577. The van der Waals surface area contributed by atoms with Gasteiger partial charge in [0.25, 0.3) is 0 Å². The molecule has 2 aliphatic rings. The molecular weight excluding hydrogens is 464 g/mol. The molecule has 0 amide bonds. The van der Waals surface area contributed by atoms with Crippen molar-refractivity contribution in [3.8, 4) is 0 Å². The highest BCUT2D eigenvalue weighted by molar-refractivity contribution is 7.80. The number of nitrogens with one attached hydrogen (secondary N) is 2. The maximum absolute atomic E-state index is 13.2. The third kappa shape index (κ3) is 5.90. The lowest BCUT2D eigenvalue weighted by atomic mass is 9.86. The van der Waals surface area contributed by atoms with E-state index >= 15 is 0 Å². The minimum absolute atomic E-state index is 0.277. The van der Waals surface area contributed by atoms with E-state index in [1.165, 1.54) is 10.6 Å². The Morgan fingerprint density at radius 3 is 2.44 bits per heavy atom. The average Bonchev–Trinajstić information content (AvgIpc) is 3.13. The van der Waals surface area contributed by atoms with Gasteiger partial charge in [-0.25, -0.2) is 4.79 Å². The fourth-order valence-corrected chi connectivity index (χ4v) is 6.26. The Morgan fingerprint density at radius 2 is 1.79 bits per heavy atom. The predicted molar refractivity (Wildman–Crippen MR) is 147 cm³/mol. The van der Waals surface area contributed by atoms with Gasteiger partial charge in [0.2, 0.25) is 0 Å². The summed E-state index contributed by atoms with van der Waals surface area (Å²) >= 11 is 7.26. The first-order valence-corrected chi connectivity index (χ1v) is 13.3. The number of ether oxygens (including phenoxy) is 1. The zero-order chi connectivity index (χ0) is 24.5. The van der Waals surface area contributed by atoms with Gasteiger partial charge in [0.15, 0.2) is 5.11 Å². The third-order valence-electron chi connectivity index (χ3n) is 6.38. The first kappa shape index (κ1) is 24.9. The molecule has 8 heteroatoms. The van der Waals surface area contributed by atoms with Crippen LogP contribution in [0.1, 0.15) is 67.3 Å². The van der Waals surface area contributed by atoms with Crippen molar-refractivity contribution >= 4 is 51.0 Å². The van der Waals surface area contributed by atoms with Crippen LogP contribution in [0, 0.1) is 0 Å². The first-order chi connectivity index (χ1) is 16.1. The second kappa shape index (κ2) is 10.2. The number of rotatable bonds is 4. The number of carbonyl (C=O) groups excluding carboxylic acids is 1. The van der Waals surface area contributed by atoms with Gasteiger partial charge in [-0.05, 0) is 95.0 Å². The summed E-state index contributed by atoms with van der Waals surface area (Å²) in [5.41, 5.74) is 3.38. The molecule has 0 bridgehead atoms. The highest BCUT2D eigenvalue weighted by Crippen LogP contribution is 2.44. The Kier molecular flexibility index (Phi) is 7.50. The van der Waals surface area contributed by atoms with Gasteiger partial charge in [0.1, 0.15) is 10.6 Å². The fourth-order valence-electron chi connectivity index (χ4n) is 4.62. The number of esters is 1. The number of hydrogen-bond donors (Lipinski definition) is 2. The van der Waals surface area contributed by atoms with E-state index in [1.807, 2.05) is 20.8 Å². The SMILES string of the molecule is CC1CCCc2sc(NC(=S)Nc3ccc(N4CCN(C)CC4)cc3)c(C(=O)OC(C)(C)C)c21. The number of aryl methyl sites for hydroxylation is 1. The van der Waals surface area contributed by atoms with E-state index in [4.69, 9.17) is 17.0 Å². The van der Waals surface area contributed by atoms with Crippen LogP contribution in [0.2, 0.25) is 0 Å². The van der Waals surface area contributed by atoms with Crippen LogP contribution in [0.4, 0.5) is 16.4 Å². The van der Waals surface area contributed by atoms with Crippen LogP contribution >= 0.6 is 23.6 Å². The Balaban J connectivity index is 1.48. The Hall–Kier alpha value is -2.16. The molecule has 0 saturated carbocycles. The van der Waals surface area contributed by atoms with E-state index in [0.29, 0.717) is 16.6 Å². The standard InChI is InChI=1S/C26H36N4O2S2/c1-17-7-6-8-20-21(17)22(24(31)32-26(2,3)4)23(34-20)28-25(33)27-18-9-11-19(12-10-18)30-15-13-29(5)14-16-30/h9-12,17H,6-8,13-16H2,1-5H3,(H2,27,28,33). The van der Waals surface area contributed by atoms with Crippen molar-refractivity contribution in [2.75, 3.05) is 48.8 Å². The van der Waals surface area contributed by atoms with Gasteiger partial charge in [0, 0.05) is 42.4 Å². The van der Waals surface area contributed by atoms with Crippen molar-refractivity contribution in [3.05, 3.63) is 40.3 Å². The minimum Gasteiger partial charge on any atom is -0.456 e. The number of nitrogens with zero attached hydrogens (tertiary/aromatic N) is 2. The van der Waals surface area contributed by atoms with E-state index in [-0.39, 0.29) is 5.97 Å². The average molecular weight is 501 g/mol. The lowest BCUT2D eigenvalue weighted by molar-refractivity contribution is 0.00693. The number of thiocarbonyl (C=S) groups is 1. The maximum atomic E-state index is 13.2. The number of hydrogen-bond acceptors (Lipinski definition) is 6. The van der Waals surface area contributed by atoms with Crippen molar-refractivity contribution in [3.63, 3.8) is 0 Å². The van der Waals surface area contributed by atoms with Gasteiger partial charge in [-0.3, -0.25) is 0 Å². The number of piperazine rings is 1. The third-order valence-corrected chi connectivity index (χ3v) is 7.76. The summed E-state index contributed by atoms with van der Waals surface area (Å²) in [6.45, 7) is 12.1. The monoisotopic (exact) mass is 500 g/mol. The van der Waals surface area contributed by atoms with Crippen LogP contribution in [0.5, 0.6) is 0 Å². The van der Waals surface area contributed by atoms with Gasteiger partial charge < -0.3 is 25.2 Å². The Bertz CT molecular complexity index is 1030. The summed E-state index contributed by atoms with van der Waals surface area (Å²) in [7, 11) is 2.16. The van der Waals surface area contributed by atoms with Crippen molar-refractivity contribution in [1.82, 2.24) is 4.90 Å². The molecule has 184 valence electrons. The van der Waals surface area contributed by atoms with Crippen molar-refractivity contribution < 1.29 is 9.53 Å². The molecule has 4 rings (SSSR count). The molecule has 2 N–H and O–H groups in total. The zero-order valence-electron chi connectivity index (χ0n) is 20.9. The number of benzene rings is 1. The molecule has 1 fully saturated rings. The molecule has 1 saturated heterocycles. The number of thiophene rings is 1. The van der Waals surface area contributed by atoms with E-state index in [1.54, 1.807) is 11.3 Å². The van der Waals surface area contributed by atoms with Crippen LogP contribution in [-0.2, 0) is 11.2 Å². The summed E-state index contributed by atoms with van der Waals surface area (Å²) < 4.78 is 5.77. The largest absolute Gasteiger partial charge is 0.456 e. The highest BCUT2D eigenvalue weighted by Gasteiger charge is 2.32. The number of anilines is 3. The molecule has 1 aromatic carbocycles. The molecule has 0 radical (unpaired) electrons. The van der Waals surface area contributed by atoms with E-state index in [0.717, 1.165) is 61.7 Å². The van der Waals surface area contributed by atoms with Gasteiger partial charge >= 0.3 is 5.97 Å². The predicted octanol–water partition coefficient (Wildman–Crippen LogP) is 5.70. The van der Waals surface area contributed by atoms with E-state index in [9.17, 15) is 4.79 Å². The molecule has 1 atom stereocenters. The molecular formula is C26H36N4O2S2. The van der Waals surface area contributed by atoms with Gasteiger partial charge in [-0.2, -0.15) is 0 Å². The van der Waals surface area contributed by atoms with Crippen LogP contribution in [0.3, 0.4) is 0 Å². The molecule has 2 heterocycles. The van der Waals surface area contributed by atoms with Crippen LogP contribution in [0.15, 0.2) is 24.3 Å². The minimum atomic E-state index is -0.550. The first-order valence-electron chi connectivity index (χ1n) is 12.1. The smallest absolute Gasteiger partial charge is 0.341 e. The molecule has 1 unspecified atom stereocenters. The Labute approximate surface area is 212 Å². The summed E-state index contributed by atoms with van der Waals surface area (Å²) in [5, 5.41) is 7.84. The van der Waals surface area contributed by atoms with Gasteiger partial charge in [-0.1, -0.05) is 6.92 Å². The molecule has 1 aliphatic heterocycles. The quantitative estimate of drug-likeness (QED) is 0.412. The molecule has 1 aliphatic carbocycles. The zero-order valence-corrected chi connectivity index (χ0v) is 22.5. The van der Waals surface area contributed by atoms with Crippen LogP contribution in [-0.4, -0.2) is 54.8 Å². The number of likely N-dealkylation sites (N-methyl/N-ethyl adjacent to an activating group) is 1. The molecule has 1 aromatic heterocycles. The van der Waals surface area contributed by atoms with E-state index < -0.39 is 5.60 Å². The van der Waals surface area contributed by atoms with E-state index in [2.05, 4.69) is 58.7 Å². The molecule has 2 aromatic rings. The topological polar surface area (TPSA) is 56.8 Å². The summed E-state index contributed by atoms with van der Waals surface area (Å²) in [6, 6.07) is 8.37. The molecule has 6 nitrogen and oxygen atoms in total. The summed E-state index contributed by atoms with van der Waals surface area (Å²) in [4.78, 5) is 19.2. The Morgan fingerprint density at radius 1 is 1.12 bits per heavy atom. The van der Waals surface area contributed by atoms with Gasteiger partial charge in [-0.15, -0.1) is 11.3 Å². The highest BCUT2D eigenvalue weighted by atomic mass is 32.1. The van der Waals surface area contributed by atoms with Crippen molar-refractivity contribution in [2.24, 2.45) is 0 Å². The lowest BCUT2D eigenvalue weighted by Gasteiger charge is -2.34. The van der Waals surface area contributed by atoms with Gasteiger partial charge in [0.05, 0.1) is 5.56 Å². The van der Waals surface area contributed by atoms with Crippen molar-refractivity contribution in [1.29, 1.82) is 0 Å².